The van der Waals surface area contributed by atoms with Crippen LogP contribution in [-0.2, 0) is 0 Å². The molecule has 0 aliphatic heterocycles. The van der Waals surface area contributed by atoms with Crippen molar-refractivity contribution in [3.63, 3.8) is 0 Å². The molecule has 2 nitrogen and oxygen atoms in total. The van der Waals surface area contributed by atoms with Gasteiger partial charge in [-0.2, -0.15) is 0 Å². The Labute approximate surface area is 341 Å². The molecule has 0 radical (unpaired) electrons. The fourth-order valence-electron chi connectivity index (χ4n) is 10.3. The summed E-state index contributed by atoms with van der Waals surface area (Å²) in [5.41, 5.74) is 11.2. The highest BCUT2D eigenvalue weighted by molar-refractivity contribution is 5.39. The van der Waals surface area contributed by atoms with Crippen molar-refractivity contribution >= 4 is 0 Å². The molecule has 4 rings (SSSR count). The van der Waals surface area contributed by atoms with Crippen LogP contribution in [-0.4, -0.2) is 22.9 Å². The fraction of sp³-hybridized carbons (Fsp3) is 0.698. The third-order valence-electron chi connectivity index (χ3n) is 14.7. The highest BCUT2D eigenvalue weighted by Crippen LogP contribution is 2.66. The summed E-state index contributed by atoms with van der Waals surface area (Å²) in [6.45, 7) is 27.9. The Kier molecular flexibility index (Phi) is 19.5. The summed E-state index contributed by atoms with van der Waals surface area (Å²) in [5.74, 6) is 4.38. The first kappa shape index (κ1) is 47.2. The first-order valence-corrected chi connectivity index (χ1v) is 22.7. The fourth-order valence-corrected chi connectivity index (χ4v) is 10.3. The van der Waals surface area contributed by atoms with Crippen molar-refractivity contribution in [1.29, 1.82) is 0 Å². The summed E-state index contributed by atoms with van der Waals surface area (Å²) in [6.07, 6.45) is 38.9. The second-order valence-corrected chi connectivity index (χ2v) is 19.7. The van der Waals surface area contributed by atoms with Crippen molar-refractivity contribution < 1.29 is 10.2 Å². The Balaban J connectivity index is 0.000000298. The summed E-state index contributed by atoms with van der Waals surface area (Å²) in [7, 11) is 0. The molecule has 0 aromatic carbocycles. The van der Waals surface area contributed by atoms with Gasteiger partial charge in [-0.05, 0) is 184 Å². The number of hydrogen-bond donors (Lipinski definition) is 2. The molecule has 4 aliphatic carbocycles. The summed E-state index contributed by atoms with van der Waals surface area (Å²) in [5, 5.41) is 19.1. The van der Waals surface area contributed by atoms with Crippen molar-refractivity contribution in [1.82, 2.24) is 0 Å². The van der Waals surface area contributed by atoms with Crippen molar-refractivity contribution in [3.05, 3.63) is 93.7 Å². The molecule has 0 aromatic rings. The van der Waals surface area contributed by atoms with Crippen LogP contribution in [0, 0.1) is 46.3 Å². The standard InChI is InChI=1S/C28H44O.C25H42O/c1-18(2)19(3)7-8-20(4)24-11-12-25-23-10-9-21-17-22(29)13-15-27(21,5)26(23)14-16-28(24,25)6;1-21(2)11-9-14-23(4)16-10-15-22(3)12-7-8-13-24(5)17-18-25(6)19-20-26/h7-10,18-20,22,24-26,29H,11-17H2,1-6H3;11-13,16,19,26H,7-10,14-15,17-18,20H2,1-6H3/b8-7+;22-12+,23-16+,24-13-,25-19-/t19-,20+,22?,24+,25?,26?,27-,28+;/m0./s1. The maximum atomic E-state index is 10.2. The van der Waals surface area contributed by atoms with Crippen LogP contribution in [0.1, 0.15) is 179 Å². The molecular weight excluding hydrogens is 669 g/mol. The second-order valence-electron chi connectivity index (χ2n) is 19.7. The van der Waals surface area contributed by atoms with Gasteiger partial charge in [-0.3, -0.25) is 0 Å². The van der Waals surface area contributed by atoms with Crippen LogP contribution in [0.15, 0.2) is 93.7 Å². The third-order valence-corrected chi connectivity index (χ3v) is 14.7. The van der Waals surface area contributed by atoms with Gasteiger partial charge in [0.25, 0.3) is 0 Å². The Hall–Kier alpha value is -2.16. The first-order chi connectivity index (χ1) is 26.0. The molecule has 2 N–H and O–H groups in total. The van der Waals surface area contributed by atoms with E-state index in [0.29, 0.717) is 22.7 Å². The highest BCUT2D eigenvalue weighted by Gasteiger charge is 2.56. The molecule has 0 heterocycles. The number of allylic oxidation sites excluding steroid dienone is 14. The van der Waals surface area contributed by atoms with Gasteiger partial charge in [0, 0.05) is 0 Å². The monoisotopic (exact) mass is 755 g/mol. The minimum absolute atomic E-state index is 0.116. The molecule has 0 amide bonds. The lowest BCUT2D eigenvalue weighted by Crippen LogP contribution is -2.46. The molecule has 0 saturated heterocycles. The predicted octanol–water partition coefficient (Wildman–Crippen LogP) is 15.2. The Bertz CT molecular complexity index is 1450. The van der Waals surface area contributed by atoms with Crippen LogP contribution in [0.25, 0.3) is 0 Å². The molecule has 0 bridgehead atoms. The van der Waals surface area contributed by atoms with E-state index in [4.69, 9.17) is 5.11 Å². The van der Waals surface area contributed by atoms with E-state index in [0.717, 1.165) is 68.6 Å². The SMILES string of the molecule is CC(C)=CCC/C(C)=C/CC/C(C)=C/CC/C=C(/C)CC/C(C)=C\CO.CC(C)[C@@H](C)/C=C/[C@@H](C)[C@H]1CCC2C3=CC=C4CC(O)CC[C@]4(C)C3CC[C@@]21C. The van der Waals surface area contributed by atoms with E-state index in [1.807, 2.05) is 6.08 Å². The van der Waals surface area contributed by atoms with Gasteiger partial charge in [-0.25, -0.2) is 0 Å². The van der Waals surface area contributed by atoms with Crippen molar-refractivity contribution in [2.45, 2.75) is 186 Å². The zero-order valence-electron chi connectivity index (χ0n) is 37.9. The number of fused-ring (bicyclic) bond motifs is 5. The van der Waals surface area contributed by atoms with Crippen LogP contribution in [0.4, 0.5) is 0 Å². The molecule has 3 unspecified atom stereocenters. The molecule has 2 heteroatoms. The van der Waals surface area contributed by atoms with E-state index in [2.05, 4.69) is 132 Å². The second kappa shape index (κ2) is 22.7. The van der Waals surface area contributed by atoms with Crippen LogP contribution in [0.5, 0.6) is 0 Å². The first-order valence-electron chi connectivity index (χ1n) is 22.7. The van der Waals surface area contributed by atoms with E-state index in [1.165, 1.54) is 84.8 Å². The molecule has 310 valence electrons. The number of unbranched alkanes of at least 4 members (excludes halogenated alkanes) is 1. The molecule has 0 spiro atoms. The topological polar surface area (TPSA) is 40.5 Å². The molecular formula is C53H86O2. The largest absolute Gasteiger partial charge is 0.393 e. The van der Waals surface area contributed by atoms with Gasteiger partial charge in [0.2, 0.25) is 0 Å². The highest BCUT2D eigenvalue weighted by atomic mass is 16.3. The van der Waals surface area contributed by atoms with E-state index in [1.54, 1.807) is 5.57 Å². The number of hydrogen-bond acceptors (Lipinski definition) is 2. The van der Waals surface area contributed by atoms with Crippen LogP contribution in [0.3, 0.4) is 0 Å². The van der Waals surface area contributed by atoms with Gasteiger partial charge in [-0.1, -0.05) is 135 Å². The number of aliphatic hydroxyl groups excluding tert-OH is 2. The minimum Gasteiger partial charge on any atom is -0.393 e. The number of aliphatic hydroxyl groups is 2. The van der Waals surface area contributed by atoms with E-state index < -0.39 is 0 Å². The molecule has 8 atom stereocenters. The van der Waals surface area contributed by atoms with Crippen molar-refractivity contribution in [2.24, 2.45) is 46.3 Å². The lowest BCUT2D eigenvalue weighted by molar-refractivity contribution is 0.0382. The zero-order valence-corrected chi connectivity index (χ0v) is 37.9. The summed E-state index contributed by atoms with van der Waals surface area (Å²) in [4.78, 5) is 0. The normalized spacial score (nSPS) is 29.8. The Morgan fingerprint density at radius 3 is 1.85 bits per heavy atom. The van der Waals surface area contributed by atoms with Gasteiger partial charge in [0.05, 0.1) is 12.7 Å². The van der Waals surface area contributed by atoms with Gasteiger partial charge in [0.1, 0.15) is 0 Å². The summed E-state index contributed by atoms with van der Waals surface area (Å²) < 4.78 is 0. The molecule has 3 saturated carbocycles. The van der Waals surface area contributed by atoms with Gasteiger partial charge >= 0.3 is 0 Å². The predicted molar refractivity (Wildman–Crippen MR) is 242 cm³/mol. The summed E-state index contributed by atoms with van der Waals surface area (Å²) in [6, 6.07) is 0. The van der Waals surface area contributed by atoms with Crippen molar-refractivity contribution in [3.8, 4) is 0 Å². The van der Waals surface area contributed by atoms with E-state index >= 15 is 0 Å². The lowest BCUT2D eigenvalue weighted by atomic mass is 9.50. The van der Waals surface area contributed by atoms with E-state index in [-0.39, 0.29) is 12.7 Å². The summed E-state index contributed by atoms with van der Waals surface area (Å²) >= 11 is 0. The molecule has 0 aromatic heterocycles. The van der Waals surface area contributed by atoms with Crippen molar-refractivity contribution in [2.75, 3.05) is 6.61 Å². The molecule has 55 heavy (non-hydrogen) atoms. The average Bonchev–Trinajstić information content (AvgIpc) is 3.49. The van der Waals surface area contributed by atoms with Crippen LogP contribution in [0.2, 0.25) is 0 Å². The van der Waals surface area contributed by atoms with Gasteiger partial charge in [0.15, 0.2) is 0 Å². The van der Waals surface area contributed by atoms with Crippen LogP contribution < -0.4 is 0 Å². The lowest BCUT2D eigenvalue weighted by Gasteiger charge is -2.55. The maximum Gasteiger partial charge on any atom is 0.0614 e. The quantitative estimate of drug-likeness (QED) is 0.115. The Morgan fingerprint density at radius 2 is 1.25 bits per heavy atom. The van der Waals surface area contributed by atoms with E-state index in [9.17, 15) is 5.11 Å². The number of rotatable bonds is 17. The smallest absolute Gasteiger partial charge is 0.0614 e. The zero-order chi connectivity index (χ0) is 40.8. The third kappa shape index (κ3) is 14.0. The molecule has 4 aliphatic rings. The van der Waals surface area contributed by atoms with Crippen LogP contribution >= 0.6 is 0 Å². The Morgan fingerprint density at radius 1 is 0.673 bits per heavy atom. The van der Waals surface area contributed by atoms with Gasteiger partial charge < -0.3 is 10.2 Å². The average molecular weight is 755 g/mol. The maximum absolute atomic E-state index is 10.2. The van der Waals surface area contributed by atoms with Gasteiger partial charge in [-0.15, -0.1) is 0 Å². The minimum atomic E-state index is -0.116. The molecule has 3 fully saturated rings.